The van der Waals surface area contributed by atoms with Crippen molar-refractivity contribution in [3.05, 3.63) is 81.1 Å². The molecule has 0 aromatic heterocycles. The van der Waals surface area contributed by atoms with Gasteiger partial charge in [0.05, 0.1) is 23.3 Å². The normalized spacial score (nSPS) is 12.1. The van der Waals surface area contributed by atoms with Gasteiger partial charge in [0.15, 0.2) is 24.8 Å². The highest BCUT2D eigenvalue weighted by Gasteiger charge is 2.18. The zero-order valence-corrected chi connectivity index (χ0v) is 16.2. The first-order valence-electron chi connectivity index (χ1n) is 7.76. The number of hydrogen-bond acceptors (Lipinski definition) is 6. The number of rotatable bonds is 6. The van der Waals surface area contributed by atoms with Crippen molar-refractivity contribution in [1.29, 1.82) is 10.5 Å². The van der Waals surface area contributed by atoms with E-state index in [1.165, 1.54) is 24.3 Å². The second-order valence-electron chi connectivity index (χ2n) is 5.75. The molecular weight excluding hydrogens is 422 g/mol. The van der Waals surface area contributed by atoms with Gasteiger partial charge in [-0.2, -0.15) is 10.5 Å². The first kappa shape index (κ1) is 22.0. The Balaban J connectivity index is 2.18. The highest BCUT2D eigenvalue weighted by atomic mass is 32.3. The minimum atomic E-state index is -4.28. The first-order valence-corrected chi connectivity index (χ1v) is 11.2. The molecule has 0 spiro atoms. The van der Waals surface area contributed by atoms with Gasteiger partial charge >= 0.3 is 0 Å². The van der Waals surface area contributed by atoms with E-state index in [9.17, 15) is 25.6 Å². The van der Waals surface area contributed by atoms with Gasteiger partial charge in [-0.1, -0.05) is 12.1 Å². The zero-order chi connectivity index (χ0) is 21.7. The maximum atomic E-state index is 13.8. The average molecular weight is 434 g/mol. The summed E-state index contributed by atoms with van der Waals surface area (Å²) in [6.07, 6.45) is 1.76. The Hall–Kier alpha value is -3.34. The van der Waals surface area contributed by atoms with E-state index >= 15 is 0 Å². The molecule has 0 aliphatic rings. The fourth-order valence-corrected chi connectivity index (χ4v) is 5.29. The third-order valence-electron chi connectivity index (χ3n) is 3.50. The summed E-state index contributed by atoms with van der Waals surface area (Å²) in [6.45, 7) is 0. The van der Waals surface area contributed by atoms with E-state index in [0.717, 1.165) is 24.3 Å². The molecule has 2 aromatic rings. The van der Waals surface area contributed by atoms with Gasteiger partial charge in [0.2, 0.25) is 0 Å². The Labute approximate surface area is 166 Å². The number of nitrogens with zero attached hydrogens (tertiary/aromatic N) is 2. The smallest absolute Gasteiger partial charge is 0.186 e. The van der Waals surface area contributed by atoms with Crippen LogP contribution in [0.2, 0.25) is 0 Å². The lowest BCUT2D eigenvalue weighted by Gasteiger charge is -2.00. The van der Waals surface area contributed by atoms with Crippen LogP contribution in [0.25, 0.3) is 12.2 Å². The molecule has 0 saturated heterocycles. The first-order chi connectivity index (χ1) is 13.5. The molecule has 2 aromatic carbocycles. The molecule has 29 heavy (non-hydrogen) atoms. The van der Waals surface area contributed by atoms with Gasteiger partial charge in [-0.3, -0.25) is 0 Å². The van der Waals surface area contributed by atoms with E-state index < -0.39 is 36.4 Å². The summed E-state index contributed by atoms with van der Waals surface area (Å²) in [5, 5.41) is 17.1. The topological polar surface area (TPSA) is 116 Å². The number of sulfone groups is 2. The molecule has 0 aliphatic heterocycles. The number of hydrogen-bond donors (Lipinski definition) is 0. The quantitative estimate of drug-likeness (QED) is 0.690. The van der Waals surface area contributed by atoms with E-state index in [0.29, 0.717) is 10.8 Å². The summed E-state index contributed by atoms with van der Waals surface area (Å²) in [6, 6.07) is 10.2. The highest BCUT2D eigenvalue weighted by Crippen LogP contribution is 2.15. The van der Waals surface area contributed by atoms with Crippen molar-refractivity contribution < 1.29 is 25.6 Å². The van der Waals surface area contributed by atoms with Crippen LogP contribution in [0.1, 0.15) is 22.3 Å². The van der Waals surface area contributed by atoms with Crippen molar-refractivity contribution in [2.45, 2.75) is 0 Å². The number of nitriles is 2. The molecule has 10 heteroatoms. The van der Waals surface area contributed by atoms with Crippen LogP contribution < -0.4 is 0 Å². The molecule has 0 N–H and O–H groups in total. The lowest BCUT2D eigenvalue weighted by Crippen LogP contribution is -2.11. The summed E-state index contributed by atoms with van der Waals surface area (Å²) in [5.74, 6) is -1.68. The summed E-state index contributed by atoms with van der Waals surface area (Å²) in [5.41, 5.74) is -0.184. The second-order valence-corrected chi connectivity index (χ2v) is 9.88. The Morgan fingerprint density at radius 1 is 0.759 bits per heavy atom. The fraction of sp³-hybridized carbons (Fsp3) is 0.0526. The monoisotopic (exact) mass is 434 g/mol. The third kappa shape index (κ3) is 6.35. The molecule has 0 atom stereocenters. The van der Waals surface area contributed by atoms with Crippen LogP contribution in [0.3, 0.4) is 0 Å². The predicted molar refractivity (Wildman–Crippen MR) is 103 cm³/mol. The van der Waals surface area contributed by atoms with Crippen LogP contribution in [-0.4, -0.2) is 21.9 Å². The molecule has 2 rings (SSSR count). The number of benzene rings is 2. The highest BCUT2D eigenvalue weighted by molar-refractivity contribution is 8.10. The van der Waals surface area contributed by atoms with Gasteiger partial charge in [0.25, 0.3) is 0 Å². The Morgan fingerprint density at radius 3 is 1.45 bits per heavy atom. The molecular formula is C19H12F2N2O4S2. The molecule has 148 valence electrons. The molecule has 0 aliphatic carbocycles. The summed E-state index contributed by atoms with van der Waals surface area (Å²) in [7, 11) is -8.57. The second kappa shape index (κ2) is 8.78. The standard InChI is InChI=1S/C19H12F2N2O4S2/c20-18-9-14(11-22)1-3-16(18)5-7-28(24,25)13-29(26,27)8-6-17-4-2-15(12-23)10-19(17)21/h1-10H,13H2/b7-5-,8-6+. The van der Waals surface area contributed by atoms with Crippen molar-refractivity contribution in [3.63, 3.8) is 0 Å². The summed E-state index contributed by atoms with van der Waals surface area (Å²) < 4.78 is 75.7. The van der Waals surface area contributed by atoms with E-state index in [4.69, 9.17) is 10.5 Å². The maximum Gasteiger partial charge on any atom is 0.186 e. The zero-order valence-electron chi connectivity index (χ0n) is 14.6. The molecule has 0 fully saturated rings. The molecule has 0 radical (unpaired) electrons. The van der Waals surface area contributed by atoms with Crippen LogP contribution in [0.4, 0.5) is 8.78 Å². The van der Waals surface area contributed by atoms with Crippen LogP contribution in [0, 0.1) is 34.3 Å². The number of halogens is 2. The lowest BCUT2D eigenvalue weighted by atomic mass is 10.1. The van der Waals surface area contributed by atoms with E-state index in [1.807, 2.05) is 0 Å². The summed E-state index contributed by atoms with van der Waals surface area (Å²) >= 11 is 0. The van der Waals surface area contributed by atoms with Crippen molar-refractivity contribution in [2.75, 3.05) is 5.08 Å². The predicted octanol–water partition coefficient (Wildman–Crippen LogP) is 3.14. The van der Waals surface area contributed by atoms with Crippen LogP contribution in [0.5, 0.6) is 0 Å². The van der Waals surface area contributed by atoms with E-state index in [1.54, 1.807) is 12.1 Å². The van der Waals surface area contributed by atoms with E-state index in [-0.39, 0.29) is 22.3 Å². The van der Waals surface area contributed by atoms with E-state index in [2.05, 4.69) is 0 Å². The van der Waals surface area contributed by atoms with Crippen molar-refractivity contribution in [3.8, 4) is 12.1 Å². The molecule has 0 heterocycles. The van der Waals surface area contributed by atoms with Gasteiger partial charge in [-0.05, 0) is 36.4 Å². The summed E-state index contributed by atoms with van der Waals surface area (Å²) in [4.78, 5) is 0. The minimum absolute atomic E-state index is 0.0465. The fourth-order valence-electron chi connectivity index (χ4n) is 2.13. The Kier molecular flexibility index (Phi) is 6.64. The molecule has 6 nitrogen and oxygen atoms in total. The van der Waals surface area contributed by atoms with Crippen molar-refractivity contribution >= 4 is 31.8 Å². The molecule has 0 saturated carbocycles. The van der Waals surface area contributed by atoms with Gasteiger partial charge in [-0.25, -0.2) is 25.6 Å². The Bertz CT molecular complexity index is 1200. The van der Waals surface area contributed by atoms with Crippen LogP contribution in [0.15, 0.2) is 47.2 Å². The maximum absolute atomic E-state index is 13.8. The Morgan fingerprint density at radius 2 is 1.14 bits per heavy atom. The van der Waals surface area contributed by atoms with Crippen molar-refractivity contribution in [2.24, 2.45) is 0 Å². The minimum Gasteiger partial charge on any atom is -0.223 e. The largest absolute Gasteiger partial charge is 0.223 e. The molecule has 0 bridgehead atoms. The lowest BCUT2D eigenvalue weighted by molar-refractivity contribution is 0.598. The van der Waals surface area contributed by atoms with Crippen LogP contribution >= 0.6 is 0 Å². The average Bonchev–Trinajstić information content (AvgIpc) is 2.65. The molecule has 0 amide bonds. The van der Waals surface area contributed by atoms with Gasteiger partial charge in [0, 0.05) is 21.9 Å². The van der Waals surface area contributed by atoms with Gasteiger partial charge in [-0.15, -0.1) is 0 Å². The SMILES string of the molecule is N#Cc1ccc(/C=C\S(=O)(=O)CS(=O)(=O)/C=C/c2ccc(C#N)cc2F)c(F)c1. The van der Waals surface area contributed by atoms with Crippen molar-refractivity contribution in [1.82, 2.24) is 0 Å². The molecule has 0 unspecified atom stereocenters. The van der Waals surface area contributed by atoms with Gasteiger partial charge in [0.1, 0.15) is 11.6 Å². The van der Waals surface area contributed by atoms with Crippen LogP contribution in [-0.2, 0) is 19.7 Å². The third-order valence-corrected chi connectivity index (χ3v) is 7.23. The van der Waals surface area contributed by atoms with Gasteiger partial charge < -0.3 is 0 Å².